The van der Waals surface area contributed by atoms with Crippen LogP contribution in [0, 0.1) is 0 Å². The summed E-state index contributed by atoms with van der Waals surface area (Å²) >= 11 is 1.68. The van der Waals surface area contributed by atoms with Gasteiger partial charge in [-0.15, -0.1) is 11.3 Å². The van der Waals surface area contributed by atoms with Crippen LogP contribution in [-0.4, -0.2) is 27.7 Å². The van der Waals surface area contributed by atoms with Gasteiger partial charge in [-0.25, -0.2) is 4.79 Å². The Labute approximate surface area is 102 Å². The number of benzene rings is 1. The maximum Gasteiger partial charge on any atom is 0.344 e. The highest BCUT2D eigenvalue weighted by atomic mass is 32.1. The summed E-state index contributed by atoms with van der Waals surface area (Å²) in [6.07, 6.45) is 0. The summed E-state index contributed by atoms with van der Waals surface area (Å²) in [7, 11) is 0. The molecule has 1 saturated heterocycles. The van der Waals surface area contributed by atoms with Gasteiger partial charge in [-0.05, 0) is 17.0 Å². The van der Waals surface area contributed by atoms with Crippen LogP contribution in [0.3, 0.4) is 0 Å². The van der Waals surface area contributed by atoms with Gasteiger partial charge in [-0.1, -0.05) is 18.2 Å². The van der Waals surface area contributed by atoms with Gasteiger partial charge in [-0.2, -0.15) is 5.06 Å². The minimum absolute atomic E-state index is 0.177. The van der Waals surface area contributed by atoms with Gasteiger partial charge in [0, 0.05) is 16.1 Å². The molecule has 1 fully saturated rings. The zero-order chi connectivity index (χ0) is 11.6. The van der Waals surface area contributed by atoms with E-state index in [1.807, 2.05) is 12.1 Å². The predicted molar refractivity (Wildman–Crippen MR) is 64.0 cm³/mol. The molecule has 1 aromatic carbocycles. The van der Waals surface area contributed by atoms with E-state index in [1.165, 1.54) is 15.6 Å². The van der Waals surface area contributed by atoms with Crippen molar-refractivity contribution in [2.75, 3.05) is 6.54 Å². The third-order valence-electron chi connectivity index (χ3n) is 3.54. The minimum atomic E-state index is -0.275. The Morgan fingerprint density at radius 1 is 1.35 bits per heavy atom. The Bertz CT molecular complexity index is 636. The van der Waals surface area contributed by atoms with Crippen LogP contribution in [0.5, 0.6) is 0 Å². The van der Waals surface area contributed by atoms with Crippen molar-refractivity contribution in [2.45, 2.75) is 12.6 Å². The first-order valence-electron chi connectivity index (χ1n) is 5.53. The van der Waals surface area contributed by atoms with Crippen molar-refractivity contribution >= 4 is 27.5 Å². The minimum Gasteiger partial charge on any atom is -0.316 e. The van der Waals surface area contributed by atoms with E-state index in [4.69, 9.17) is 0 Å². The smallest absolute Gasteiger partial charge is 0.316 e. The van der Waals surface area contributed by atoms with Crippen LogP contribution < -0.4 is 0 Å². The van der Waals surface area contributed by atoms with Gasteiger partial charge in [0.15, 0.2) is 0 Å². The van der Waals surface area contributed by atoms with Gasteiger partial charge in [-0.3, -0.25) is 5.21 Å². The molecule has 86 valence electrons. The lowest BCUT2D eigenvalue weighted by Gasteiger charge is -2.20. The molecule has 4 rings (SSSR count). The van der Waals surface area contributed by atoms with Gasteiger partial charge in [0.1, 0.15) is 6.04 Å². The van der Waals surface area contributed by atoms with Crippen molar-refractivity contribution < 1.29 is 10.0 Å². The van der Waals surface area contributed by atoms with Crippen LogP contribution in [0.25, 0.3) is 10.1 Å². The lowest BCUT2D eigenvalue weighted by Crippen LogP contribution is -2.28. The van der Waals surface area contributed by atoms with Crippen LogP contribution >= 0.6 is 11.3 Å². The average molecular weight is 246 g/mol. The van der Waals surface area contributed by atoms with Gasteiger partial charge < -0.3 is 4.90 Å². The Kier molecular flexibility index (Phi) is 1.66. The van der Waals surface area contributed by atoms with Crippen molar-refractivity contribution in [2.24, 2.45) is 0 Å². The largest absolute Gasteiger partial charge is 0.344 e. The molecule has 0 unspecified atom stereocenters. The number of rotatable bonds is 0. The molecule has 3 heterocycles. The van der Waals surface area contributed by atoms with E-state index >= 15 is 0 Å². The fraction of sp³-hybridized carbons (Fsp3) is 0.250. The van der Waals surface area contributed by atoms with Crippen LogP contribution in [0.1, 0.15) is 16.5 Å². The standard InChI is InChI=1S/C12H10N2O2S/c15-12-13-5-8-7-3-1-2-4-10(7)17-11(8)9(6-13)14(12)16/h1-4,9,16H,5-6H2/t9-/m0/s1. The van der Waals surface area contributed by atoms with E-state index in [9.17, 15) is 10.0 Å². The SMILES string of the molecule is O=C1N2Cc3c(sc4ccccc34)[C@H](C2)N1O. The molecular weight excluding hydrogens is 236 g/mol. The topological polar surface area (TPSA) is 43.8 Å². The molecule has 1 N–H and O–H groups in total. The molecular formula is C12H10N2O2S. The Morgan fingerprint density at radius 3 is 3.06 bits per heavy atom. The molecule has 2 bridgehead atoms. The number of amides is 2. The predicted octanol–water partition coefficient (Wildman–Crippen LogP) is 2.58. The molecule has 2 aromatic rings. The highest BCUT2D eigenvalue weighted by Crippen LogP contribution is 2.44. The number of fused-ring (bicyclic) bond motifs is 6. The molecule has 0 aliphatic carbocycles. The van der Waals surface area contributed by atoms with Crippen LogP contribution in [0.2, 0.25) is 0 Å². The third kappa shape index (κ3) is 1.08. The molecule has 4 nitrogen and oxygen atoms in total. The average Bonchev–Trinajstić information content (AvgIpc) is 2.83. The summed E-state index contributed by atoms with van der Waals surface area (Å²) in [5.41, 5.74) is 1.20. The maximum absolute atomic E-state index is 11.7. The molecule has 1 atom stereocenters. The number of hydrogen-bond donors (Lipinski definition) is 1. The van der Waals surface area contributed by atoms with Gasteiger partial charge in [0.25, 0.3) is 0 Å². The van der Waals surface area contributed by atoms with Gasteiger partial charge in [0.2, 0.25) is 0 Å². The molecule has 2 aliphatic rings. The lowest BCUT2D eigenvalue weighted by molar-refractivity contribution is -0.0577. The number of thiophene rings is 1. The molecule has 0 saturated carbocycles. The molecule has 17 heavy (non-hydrogen) atoms. The zero-order valence-corrected chi connectivity index (χ0v) is 9.78. The van der Waals surface area contributed by atoms with Gasteiger partial charge >= 0.3 is 6.03 Å². The summed E-state index contributed by atoms with van der Waals surface area (Å²) in [5.74, 6) is 0. The van der Waals surface area contributed by atoms with E-state index in [0.29, 0.717) is 13.1 Å². The first kappa shape index (κ1) is 9.44. The monoisotopic (exact) mass is 246 g/mol. The van der Waals surface area contributed by atoms with Crippen molar-refractivity contribution in [1.82, 2.24) is 9.96 Å². The third-order valence-corrected chi connectivity index (χ3v) is 4.85. The highest BCUT2D eigenvalue weighted by molar-refractivity contribution is 7.19. The summed E-state index contributed by atoms with van der Waals surface area (Å²) in [6.45, 7) is 1.22. The summed E-state index contributed by atoms with van der Waals surface area (Å²) in [6, 6.07) is 7.75. The van der Waals surface area contributed by atoms with Crippen LogP contribution in [0.4, 0.5) is 4.79 Å². The number of hydrogen-bond acceptors (Lipinski definition) is 3. The first-order chi connectivity index (χ1) is 8.25. The quantitative estimate of drug-likeness (QED) is 0.726. The summed E-state index contributed by atoms with van der Waals surface area (Å²) in [4.78, 5) is 14.5. The molecule has 1 aromatic heterocycles. The second-order valence-electron chi connectivity index (χ2n) is 4.46. The van der Waals surface area contributed by atoms with Crippen LogP contribution in [0.15, 0.2) is 24.3 Å². The second-order valence-corrected chi connectivity index (χ2v) is 5.55. The molecule has 0 spiro atoms. The van der Waals surface area contributed by atoms with Crippen LogP contribution in [-0.2, 0) is 6.54 Å². The molecule has 0 radical (unpaired) electrons. The molecule has 2 aliphatic heterocycles. The lowest BCUT2D eigenvalue weighted by atomic mass is 10.0. The maximum atomic E-state index is 11.7. The number of hydroxylamine groups is 2. The Morgan fingerprint density at radius 2 is 2.18 bits per heavy atom. The van der Waals surface area contributed by atoms with E-state index in [0.717, 1.165) is 9.94 Å². The van der Waals surface area contributed by atoms with E-state index in [-0.39, 0.29) is 12.1 Å². The highest BCUT2D eigenvalue weighted by Gasteiger charge is 2.44. The van der Waals surface area contributed by atoms with Crippen molar-refractivity contribution in [3.63, 3.8) is 0 Å². The number of carbonyl (C=O) groups excluding carboxylic acids is 1. The second kappa shape index (κ2) is 3.00. The van der Waals surface area contributed by atoms with Crippen molar-refractivity contribution in [3.8, 4) is 0 Å². The molecule has 2 amide bonds. The fourth-order valence-electron chi connectivity index (χ4n) is 2.71. The van der Waals surface area contributed by atoms with Gasteiger partial charge in [0.05, 0.1) is 6.54 Å². The van der Waals surface area contributed by atoms with E-state index in [1.54, 1.807) is 16.2 Å². The normalized spacial score (nSPS) is 22.4. The van der Waals surface area contributed by atoms with E-state index in [2.05, 4.69) is 12.1 Å². The number of carbonyl (C=O) groups is 1. The summed E-state index contributed by atoms with van der Waals surface area (Å²) in [5, 5.41) is 11.9. The molecule has 5 heteroatoms. The van der Waals surface area contributed by atoms with Crippen molar-refractivity contribution in [3.05, 3.63) is 34.7 Å². The number of urea groups is 1. The van der Waals surface area contributed by atoms with E-state index < -0.39 is 0 Å². The number of nitrogens with zero attached hydrogens (tertiary/aromatic N) is 2. The zero-order valence-electron chi connectivity index (χ0n) is 8.96. The van der Waals surface area contributed by atoms with Crippen molar-refractivity contribution in [1.29, 1.82) is 0 Å². The fourth-order valence-corrected chi connectivity index (χ4v) is 4.00. The summed E-state index contributed by atoms with van der Waals surface area (Å²) < 4.78 is 1.23. The Hall–Kier alpha value is -1.59. The Balaban J connectivity index is 2.00. The first-order valence-corrected chi connectivity index (χ1v) is 6.34.